The molecule has 2 aromatic rings. The maximum Gasteiger partial charge on any atom is 0.251 e. The summed E-state index contributed by atoms with van der Waals surface area (Å²) in [4.78, 5) is 11.8. The van der Waals surface area contributed by atoms with Gasteiger partial charge in [0.2, 0.25) is 0 Å². The summed E-state index contributed by atoms with van der Waals surface area (Å²) in [6.07, 6.45) is 0. The van der Waals surface area contributed by atoms with E-state index in [1.165, 1.54) is 0 Å². The Labute approximate surface area is 111 Å². The number of aryl methyl sites for hydroxylation is 2. The van der Waals surface area contributed by atoms with Gasteiger partial charge in [-0.2, -0.15) is 5.10 Å². The monoisotopic (exact) mass is 263 g/mol. The van der Waals surface area contributed by atoms with E-state index in [2.05, 4.69) is 10.4 Å². The van der Waals surface area contributed by atoms with Gasteiger partial charge in [0.1, 0.15) is 0 Å². The van der Waals surface area contributed by atoms with Gasteiger partial charge in [0.05, 0.1) is 12.2 Å². The van der Waals surface area contributed by atoms with Crippen molar-refractivity contribution in [2.45, 2.75) is 13.5 Å². The normalized spacial score (nSPS) is 10.4. The number of rotatable bonds is 3. The first-order valence-corrected chi connectivity index (χ1v) is 5.97. The van der Waals surface area contributed by atoms with Crippen LogP contribution in [0.1, 0.15) is 21.7 Å². The molecule has 94 valence electrons. The number of amides is 1. The molecule has 1 heterocycles. The van der Waals surface area contributed by atoms with Crippen LogP contribution in [0.25, 0.3) is 0 Å². The van der Waals surface area contributed by atoms with Crippen molar-refractivity contribution in [2.75, 3.05) is 0 Å². The number of nitrogens with zero attached hydrogens (tertiary/aromatic N) is 2. The van der Waals surface area contributed by atoms with E-state index in [0.29, 0.717) is 17.1 Å². The molecule has 5 heteroatoms. The Bertz CT molecular complexity index is 541. The van der Waals surface area contributed by atoms with Crippen LogP contribution in [0.2, 0.25) is 5.02 Å². The lowest BCUT2D eigenvalue weighted by molar-refractivity contribution is 0.0950. The smallest absolute Gasteiger partial charge is 0.251 e. The van der Waals surface area contributed by atoms with Gasteiger partial charge in [0, 0.05) is 23.3 Å². The molecule has 0 spiro atoms. The maximum absolute atomic E-state index is 11.8. The predicted molar refractivity (Wildman–Crippen MR) is 70.6 cm³/mol. The molecule has 0 saturated carbocycles. The Morgan fingerprint density at radius 3 is 2.61 bits per heavy atom. The minimum atomic E-state index is -0.130. The zero-order chi connectivity index (χ0) is 13.1. The third-order valence-electron chi connectivity index (χ3n) is 2.70. The molecule has 1 aromatic heterocycles. The quantitative estimate of drug-likeness (QED) is 0.924. The molecule has 18 heavy (non-hydrogen) atoms. The zero-order valence-electron chi connectivity index (χ0n) is 10.3. The minimum Gasteiger partial charge on any atom is -0.346 e. The Hall–Kier alpha value is -1.81. The van der Waals surface area contributed by atoms with Gasteiger partial charge in [-0.05, 0) is 37.3 Å². The Balaban J connectivity index is 1.98. The standard InChI is InChI=1S/C13H14ClN3O/c1-9-7-12(16-17(9)2)8-15-13(18)10-3-5-11(14)6-4-10/h3-7H,8H2,1-2H3,(H,15,18). The van der Waals surface area contributed by atoms with Crippen molar-refractivity contribution >= 4 is 17.5 Å². The van der Waals surface area contributed by atoms with Crippen molar-refractivity contribution < 1.29 is 4.79 Å². The summed E-state index contributed by atoms with van der Waals surface area (Å²) in [5.41, 5.74) is 2.50. The van der Waals surface area contributed by atoms with Crippen LogP contribution < -0.4 is 5.32 Å². The molecule has 0 aliphatic carbocycles. The molecule has 0 fully saturated rings. The largest absolute Gasteiger partial charge is 0.346 e. The lowest BCUT2D eigenvalue weighted by Gasteiger charge is -2.03. The number of hydrogen-bond donors (Lipinski definition) is 1. The lowest BCUT2D eigenvalue weighted by Crippen LogP contribution is -2.22. The van der Waals surface area contributed by atoms with Crippen molar-refractivity contribution in [1.82, 2.24) is 15.1 Å². The molecular formula is C13H14ClN3O. The van der Waals surface area contributed by atoms with Crippen molar-refractivity contribution in [1.29, 1.82) is 0 Å². The second-order valence-electron chi connectivity index (χ2n) is 4.09. The minimum absolute atomic E-state index is 0.130. The van der Waals surface area contributed by atoms with E-state index in [9.17, 15) is 4.79 Å². The average Bonchev–Trinajstić information content (AvgIpc) is 2.67. The van der Waals surface area contributed by atoms with Crippen LogP contribution in [0.5, 0.6) is 0 Å². The van der Waals surface area contributed by atoms with Gasteiger partial charge < -0.3 is 5.32 Å². The molecule has 0 radical (unpaired) electrons. The van der Waals surface area contributed by atoms with Crippen LogP contribution in [0, 0.1) is 6.92 Å². The molecule has 0 atom stereocenters. The maximum atomic E-state index is 11.8. The predicted octanol–water partition coefficient (Wildman–Crippen LogP) is 2.31. The molecule has 0 unspecified atom stereocenters. The molecule has 1 amide bonds. The van der Waals surface area contributed by atoms with Crippen LogP contribution >= 0.6 is 11.6 Å². The molecular weight excluding hydrogens is 250 g/mol. The van der Waals surface area contributed by atoms with Gasteiger partial charge in [-0.3, -0.25) is 9.48 Å². The van der Waals surface area contributed by atoms with Crippen LogP contribution in [-0.4, -0.2) is 15.7 Å². The van der Waals surface area contributed by atoms with Gasteiger partial charge in [0.15, 0.2) is 0 Å². The van der Waals surface area contributed by atoms with Crippen LogP contribution in [0.3, 0.4) is 0 Å². The third-order valence-corrected chi connectivity index (χ3v) is 2.95. The number of hydrogen-bond acceptors (Lipinski definition) is 2. The molecule has 1 aromatic carbocycles. The second kappa shape index (κ2) is 5.23. The molecule has 0 aliphatic rings. The highest BCUT2D eigenvalue weighted by Crippen LogP contribution is 2.09. The van der Waals surface area contributed by atoms with Crippen molar-refractivity contribution in [3.63, 3.8) is 0 Å². The molecule has 4 nitrogen and oxygen atoms in total. The van der Waals surface area contributed by atoms with Crippen molar-refractivity contribution in [3.8, 4) is 0 Å². The van der Waals surface area contributed by atoms with Gasteiger partial charge in [0.25, 0.3) is 5.91 Å². The summed E-state index contributed by atoms with van der Waals surface area (Å²) < 4.78 is 1.78. The highest BCUT2D eigenvalue weighted by Gasteiger charge is 2.06. The van der Waals surface area contributed by atoms with Crippen LogP contribution in [0.15, 0.2) is 30.3 Å². The first kappa shape index (κ1) is 12.6. The van der Waals surface area contributed by atoms with E-state index >= 15 is 0 Å². The van der Waals surface area contributed by atoms with Crippen LogP contribution in [-0.2, 0) is 13.6 Å². The molecule has 0 aliphatic heterocycles. The molecule has 0 bridgehead atoms. The summed E-state index contributed by atoms with van der Waals surface area (Å²) in [6, 6.07) is 8.73. The fraction of sp³-hybridized carbons (Fsp3) is 0.231. The third kappa shape index (κ3) is 2.90. The SMILES string of the molecule is Cc1cc(CNC(=O)c2ccc(Cl)cc2)nn1C. The number of nitrogens with one attached hydrogen (secondary N) is 1. The highest BCUT2D eigenvalue weighted by molar-refractivity contribution is 6.30. The fourth-order valence-corrected chi connectivity index (χ4v) is 1.72. The summed E-state index contributed by atoms with van der Waals surface area (Å²) >= 11 is 5.77. The van der Waals surface area contributed by atoms with E-state index in [-0.39, 0.29) is 5.91 Å². The molecule has 1 N–H and O–H groups in total. The first-order chi connectivity index (χ1) is 8.56. The van der Waals surface area contributed by atoms with Crippen molar-refractivity contribution in [2.24, 2.45) is 7.05 Å². The number of carbonyl (C=O) groups is 1. The highest BCUT2D eigenvalue weighted by atomic mass is 35.5. The zero-order valence-corrected chi connectivity index (χ0v) is 11.0. The van der Waals surface area contributed by atoms with E-state index < -0.39 is 0 Å². The summed E-state index contributed by atoms with van der Waals surface area (Å²) in [7, 11) is 1.87. The first-order valence-electron chi connectivity index (χ1n) is 5.59. The lowest BCUT2D eigenvalue weighted by atomic mass is 10.2. The average molecular weight is 264 g/mol. The number of aromatic nitrogens is 2. The topological polar surface area (TPSA) is 46.9 Å². The summed E-state index contributed by atoms with van der Waals surface area (Å²) in [5, 5.41) is 7.71. The molecule has 2 rings (SSSR count). The van der Waals surface area contributed by atoms with Gasteiger partial charge in [-0.1, -0.05) is 11.6 Å². The Kier molecular flexibility index (Phi) is 3.67. The second-order valence-corrected chi connectivity index (χ2v) is 4.53. The van der Waals surface area contributed by atoms with Crippen molar-refractivity contribution in [3.05, 3.63) is 52.3 Å². The van der Waals surface area contributed by atoms with Gasteiger partial charge >= 0.3 is 0 Å². The summed E-state index contributed by atoms with van der Waals surface area (Å²) in [5.74, 6) is -0.130. The van der Waals surface area contributed by atoms with E-state index in [1.807, 2.05) is 20.0 Å². The molecule has 0 saturated heterocycles. The van der Waals surface area contributed by atoms with E-state index in [0.717, 1.165) is 11.4 Å². The van der Waals surface area contributed by atoms with Gasteiger partial charge in [-0.15, -0.1) is 0 Å². The van der Waals surface area contributed by atoms with E-state index in [1.54, 1.807) is 28.9 Å². The van der Waals surface area contributed by atoms with Gasteiger partial charge in [-0.25, -0.2) is 0 Å². The van der Waals surface area contributed by atoms with E-state index in [4.69, 9.17) is 11.6 Å². The van der Waals surface area contributed by atoms with Crippen LogP contribution in [0.4, 0.5) is 0 Å². The Morgan fingerprint density at radius 1 is 1.39 bits per heavy atom. The Morgan fingerprint density at radius 2 is 2.06 bits per heavy atom. The number of carbonyl (C=O) groups excluding carboxylic acids is 1. The summed E-state index contributed by atoms with van der Waals surface area (Å²) in [6.45, 7) is 2.39. The fourth-order valence-electron chi connectivity index (χ4n) is 1.60. The number of halogens is 1. The number of benzene rings is 1.